The summed E-state index contributed by atoms with van der Waals surface area (Å²) < 4.78 is 0. The maximum absolute atomic E-state index is 12.8. The van der Waals surface area contributed by atoms with Crippen LogP contribution in [-0.4, -0.2) is 34.1 Å². The molecule has 0 radical (unpaired) electrons. The fraction of sp³-hybridized carbons (Fsp3) is 0.522. The molecular formula is C23H32N2O2S. The average molecular weight is 401 g/mol. The lowest BCUT2D eigenvalue weighted by molar-refractivity contribution is -0.130. The van der Waals surface area contributed by atoms with Crippen molar-refractivity contribution in [2.45, 2.75) is 64.8 Å². The van der Waals surface area contributed by atoms with Crippen molar-refractivity contribution in [3.63, 3.8) is 0 Å². The van der Waals surface area contributed by atoms with Crippen LogP contribution in [0.5, 0.6) is 0 Å². The van der Waals surface area contributed by atoms with Crippen molar-refractivity contribution in [2.75, 3.05) is 6.54 Å². The van der Waals surface area contributed by atoms with E-state index in [0.29, 0.717) is 12.8 Å². The number of amides is 1. The quantitative estimate of drug-likeness (QED) is 0.784. The molecule has 1 aliphatic rings. The van der Waals surface area contributed by atoms with E-state index in [2.05, 4.69) is 66.7 Å². The maximum Gasteiger partial charge on any atom is 0.220 e. The number of hydrogen-bond acceptors (Lipinski definition) is 4. The normalized spacial score (nSPS) is 26.2. The van der Waals surface area contributed by atoms with E-state index in [-0.39, 0.29) is 23.4 Å². The minimum atomic E-state index is -0.949. The zero-order valence-electron chi connectivity index (χ0n) is 17.3. The number of hydrogen-bond donors (Lipinski definition) is 2. The van der Waals surface area contributed by atoms with E-state index in [9.17, 15) is 9.90 Å². The highest BCUT2D eigenvalue weighted by Crippen LogP contribution is 2.39. The SMILES string of the molecule is CC(C)(C)CC(=O)NC1C(c2cccs2)N(Cc2ccccc2)CCC1(C)O. The van der Waals surface area contributed by atoms with Crippen LogP contribution in [0.2, 0.25) is 0 Å². The van der Waals surface area contributed by atoms with Gasteiger partial charge in [-0.3, -0.25) is 9.69 Å². The van der Waals surface area contributed by atoms with Gasteiger partial charge in [0.15, 0.2) is 0 Å². The predicted octanol–water partition coefficient (Wildman–Crippen LogP) is 4.37. The molecule has 1 saturated heterocycles. The van der Waals surface area contributed by atoms with Crippen LogP contribution in [0.4, 0.5) is 0 Å². The Morgan fingerprint density at radius 3 is 2.57 bits per heavy atom. The highest BCUT2D eigenvalue weighted by molar-refractivity contribution is 7.10. The number of likely N-dealkylation sites (tertiary alicyclic amines) is 1. The Labute approximate surface area is 172 Å². The van der Waals surface area contributed by atoms with E-state index in [4.69, 9.17) is 0 Å². The van der Waals surface area contributed by atoms with E-state index < -0.39 is 5.60 Å². The summed E-state index contributed by atoms with van der Waals surface area (Å²) in [4.78, 5) is 16.3. The summed E-state index contributed by atoms with van der Waals surface area (Å²) in [6.45, 7) is 9.62. The molecule has 0 saturated carbocycles. The van der Waals surface area contributed by atoms with Crippen molar-refractivity contribution in [2.24, 2.45) is 5.41 Å². The maximum atomic E-state index is 12.8. The van der Waals surface area contributed by atoms with Gasteiger partial charge in [0.2, 0.25) is 5.91 Å². The number of piperidine rings is 1. The lowest BCUT2D eigenvalue weighted by Crippen LogP contribution is -2.62. The first-order valence-electron chi connectivity index (χ1n) is 9.99. The number of carbonyl (C=O) groups excluding carboxylic acids is 1. The topological polar surface area (TPSA) is 52.6 Å². The Morgan fingerprint density at radius 1 is 1.25 bits per heavy atom. The second-order valence-electron chi connectivity index (χ2n) is 9.31. The third-order valence-electron chi connectivity index (χ3n) is 5.35. The number of rotatable bonds is 5. The summed E-state index contributed by atoms with van der Waals surface area (Å²) in [7, 11) is 0. The highest BCUT2D eigenvalue weighted by Gasteiger charge is 2.46. The van der Waals surface area contributed by atoms with Gasteiger partial charge < -0.3 is 10.4 Å². The lowest BCUT2D eigenvalue weighted by atomic mass is 9.81. The van der Waals surface area contributed by atoms with Gasteiger partial charge >= 0.3 is 0 Å². The summed E-state index contributed by atoms with van der Waals surface area (Å²) in [5.41, 5.74) is 0.202. The molecule has 5 heteroatoms. The van der Waals surface area contributed by atoms with Crippen LogP contribution in [0.1, 0.15) is 57.0 Å². The number of thiophene rings is 1. The molecule has 1 aromatic heterocycles. The highest BCUT2D eigenvalue weighted by atomic mass is 32.1. The smallest absolute Gasteiger partial charge is 0.220 e. The van der Waals surface area contributed by atoms with Gasteiger partial charge in [-0.2, -0.15) is 0 Å². The van der Waals surface area contributed by atoms with Crippen molar-refractivity contribution in [1.29, 1.82) is 0 Å². The van der Waals surface area contributed by atoms with Crippen molar-refractivity contribution >= 4 is 17.2 Å². The Balaban J connectivity index is 1.89. The molecule has 28 heavy (non-hydrogen) atoms. The molecule has 0 spiro atoms. The number of aliphatic hydroxyl groups is 1. The van der Waals surface area contributed by atoms with E-state index >= 15 is 0 Å². The molecule has 0 aliphatic carbocycles. The molecule has 1 fully saturated rings. The van der Waals surface area contributed by atoms with Crippen LogP contribution in [0, 0.1) is 5.41 Å². The van der Waals surface area contributed by atoms with E-state index in [1.807, 2.05) is 19.1 Å². The number of nitrogens with zero attached hydrogens (tertiary/aromatic N) is 1. The molecule has 0 bridgehead atoms. The van der Waals surface area contributed by atoms with Gasteiger partial charge in [0.1, 0.15) is 0 Å². The second kappa shape index (κ2) is 8.36. The van der Waals surface area contributed by atoms with E-state index in [1.165, 1.54) is 10.4 Å². The van der Waals surface area contributed by atoms with Crippen molar-refractivity contribution < 1.29 is 9.90 Å². The van der Waals surface area contributed by atoms with Gasteiger partial charge in [-0.05, 0) is 35.8 Å². The number of benzene rings is 1. The Kier molecular flexibility index (Phi) is 6.28. The van der Waals surface area contributed by atoms with Gasteiger partial charge in [-0.25, -0.2) is 0 Å². The summed E-state index contributed by atoms with van der Waals surface area (Å²) in [5.74, 6) is 0.000826. The largest absolute Gasteiger partial charge is 0.388 e. The van der Waals surface area contributed by atoms with Gasteiger partial charge in [0.05, 0.1) is 17.7 Å². The molecular weight excluding hydrogens is 368 g/mol. The molecule has 3 atom stereocenters. The van der Waals surface area contributed by atoms with Crippen LogP contribution < -0.4 is 5.32 Å². The van der Waals surface area contributed by atoms with Crippen LogP contribution in [0.15, 0.2) is 47.8 Å². The second-order valence-corrected chi connectivity index (χ2v) is 10.3. The summed E-state index contributed by atoms with van der Waals surface area (Å²) in [6.07, 6.45) is 1.07. The Hall–Kier alpha value is -1.69. The zero-order chi connectivity index (χ0) is 20.4. The van der Waals surface area contributed by atoms with Gasteiger partial charge in [0.25, 0.3) is 0 Å². The first-order chi connectivity index (χ1) is 13.2. The average Bonchev–Trinajstić information content (AvgIpc) is 3.11. The summed E-state index contributed by atoms with van der Waals surface area (Å²) in [5, 5.41) is 16.5. The fourth-order valence-corrected chi connectivity index (χ4v) is 4.85. The van der Waals surface area contributed by atoms with Crippen molar-refractivity contribution in [3.05, 3.63) is 58.3 Å². The van der Waals surface area contributed by atoms with Gasteiger partial charge in [-0.15, -0.1) is 11.3 Å². The number of nitrogens with one attached hydrogen (secondary N) is 1. The van der Waals surface area contributed by atoms with Crippen LogP contribution >= 0.6 is 11.3 Å². The van der Waals surface area contributed by atoms with Crippen molar-refractivity contribution in [1.82, 2.24) is 10.2 Å². The molecule has 2 heterocycles. The standard InChI is InChI=1S/C23H32N2O2S/c1-22(2,3)15-19(26)24-21-20(18-11-8-14-28-18)25(13-12-23(21,4)27)16-17-9-6-5-7-10-17/h5-11,14,20-21,27H,12-13,15-16H2,1-4H3,(H,24,26). The minimum Gasteiger partial charge on any atom is -0.388 e. The monoisotopic (exact) mass is 400 g/mol. The third kappa shape index (κ3) is 5.22. The van der Waals surface area contributed by atoms with Crippen LogP contribution in [0.3, 0.4) is 0 Å². The summed E-state index contributed by atoms with van der Waals surface area (Å²) in [6, 6.07) is 14.1. The lowest BCUT2D eigenvalue weighted by Gasteiger charge is -2.49. The molecule has 152 valence electrons. The van der Waals surface area contributed by atoms with Gasteiger partial charge in [0, 0.05) is 24.4 Å². The third-order valence-corrected chi connectivity index (χ3v) is 6.30. The molecule has 1 aromatic carbocycles. The van der Waals surface area contributed by atoms with E-state index in [1.54, 1.807) is 11.3 Å². The Bertz CT molecular complexity index is 766. The first-order valence-corrected chi connectivity index (χ1v) is 10.9. The van der Waals surface area contributed by atoms with Crippen molar-refractivity contribution in [3.8, 4) is 0 Å². The van der Waals surface area contributed by atoms with Crippen LogP contribution in [-0.2, 0) is 11.3 Å². The molecule has 2 N–H and O–H groups in total. The zero-order valence-corrected chi connectivity index (χ0v) is 18.1. The first kappa shape index (κ1) is 21.0. The van der Waals surface area contributed by atoms with Crippen LogP contribution in [0.25, 0.3) is 0 Å². The molecule has 1 aliphatic heterocycles. The van der Waals surface area contributed by atoms with Gasteiger partial charge in [-0.1, -0.05) is 57.2 Å². The molecule has 3 unspecified atom stereocenters. The minimum absolute atomic E-state index is 0.000826. The summed E-state index contributed by atoms with van der Waals surface area (Å²) >= 11 is 1.68. The van der Waals surface area contributed by atoms with E-state index in [0.717, 1.165) is 13.1 Å². The number of carbonyl (C=O) groups is 1. The Morgan fingerprint density at radius 2 is 1.96 bits per heavy atom. The fourth-order valence-electron chi connectivity index (χ4n) is 3.96. The predicted molar refractivity (Wildman–Crippen MR) is 115 cm³/mol. The molecule has 1 amide bonds. The molecule has 2 aromatic rings. The molecule has 3 rings (SSSR count). The molecule has 4 nitrogen and oxygen atoms in total.